The smallest absolute Gasteiger partial charge is 0.271 e. The monoisotopic (exact) mass is 406 g/mol. The molecule has 1 amide bonds. The van der Waals surface area contributed by atoms with E-state index in [0.29, 0.717) is 22.6 Å². The average Bonchev–Trinajstić information content (AvgIpc) is 2.78. The number of nitro benzene ring substituents is 1. The molecule has 0 atom stereocenters. The maximum absolute atomic E-state index is 12.0. The second-order valence-corrected chi connectivity index (χ2v) is 5.92. The van der Waals surface area contributed by atoms with E-state index >= 15 is 0 Å². The normalized spacial score (nSPS) is 10.5. The third-order valence-corrected chi connectivity index (χ3v) is 3.89. The molecule has 0 bridgehead atoms. The highest BCUT2D eigenvalue weighted by Crippen LogP contribution is 2.18. The lowest BCUT2D eigenvalue weighted by Crippen LogP contribution is -2.17. The maximum atomic E-state index is 12.0. The Balaban J connectivity index is 1.50. The molecule has 0 saturated heterocycles. The highest BCUT2D eigenvalue weighted by molar-refractivity contribution is 5.94. The number of pyridine rings is 1. The van der Waals surface area contributed by atoms with E-state index in [1.807, 2.05) is 12.1 Å². The van der Waals surface area contributed by atoms with Crippen molar-refractivity contribution in [1.82, 2.24) is 10.4 Å². The Bertz CT molecular complexity index is 1020. The summed E-state index contributed by atoms with van der Waals surface area (Å²) in [5, 5.41) is 14.6. The van der Waals surface area contributed by atoms with Crippen molar-refractivity contribution < 1.29 is 19.2 Å². The fourth-order valence-electron chi connectivity index (χ4n) is 2.42. The van der Waals surface area contributed by atoms with Gasteiger partial charge < -0.3 is 9.47 Å². The SMILES string of the molecule is O=C(NN=Cc1ccccc1OCCOc1ccc([N+](=O)[O-])cc1)c1ccncc1. The van der Waals surface area contributed by atoms with Crippen LogP contribution in [0.3, 0.4) is 0 Å². The van der Waals surface area contributed by atoms with Crippen molar-refractivity contribution in [3.63, 3.8) is 0 Å². The van der Waals surface area contributed by atoms with Gasteiger partial charge in [-0.3, -0.25) is 19.9 Å². The minimum atomic E-state index is -0.467. The number of amides is 1. The molecule has 1 N–H and O–H groups in total. The Labute approximate surface area is 172 Å². The molecular weight excluding hydrogens is 388 g/mol. The zero-order valence-electron chi connectivity index (χ0n) is 15.8. The number of hydrogen-bond acceptors (Lipinski definition) is 7. The van der Waals surface area contributed by atoms with Gasteiger partial charge >= 0.3 is 0 Å². The first kappa shape index (κ1) is 20.5. The molecule has 9 nitrogen and oxygen atoms in total. The number of hydrogen-bond donors (Lipinski definition) is 1. The highest BCUT2D eigenvalue weighted by Gasteiger charge is 2.06. The molecule has 0 radical (unpaired) electrons. The van der Waals surface area contributed by atoms with Crippen molar-refractivity contribution in [3.05, 3.63) is 94.3 Å². The van der Waals surface area contributed by atoms with Gasteiger partial charge in [0.05, 0.1) is 11.1 Å². The van der Waals surface area contributed by atoms with Crippen LogP contribution in [0, 0.1) is 10.1 Å². The molecule has 1 aromatic heterocycles. The predicted octanol–water partition coefficient (Wildman–Crippen LogP) is 3.21. The van der Waals surface area contributed by atoms with Crippen LogP contribution in [0.25, 0.3) is 0 Å². The highest BCUT2D eigenvalue weighted by atomic mass is 16.6. The number of nitrogens with one attached hydrogen (secondary N) is 1. The number of carbonyl (C=O) groups is 1. The summed E-state index contributed by atoms with van der Waals surface area (Å²) in [7, 11) is 0. The maximum Gasteiger partial charge on any atom is 0.271 e. The summed E-state index contributed by atoms with van der Waals surface area (Å²) in [5.41, 5.74) is 3.59. The molecule has 0 aliphatic carbocycles. The Hall–Kier alpha value is -4.27. The number of aromatic nitrogens is 1. The van der Waals surface area contributed by atoms with Crippen LogP contribution >= 0.6 is 0 Å². The van der Waals surface area contributed by atoms with Gasteiger partial charge in [-0.25, -0.2) is 5.43 Å². The standard InChI is InChI=1S/C21H18N4O5/c26-21(16-9-11-22-12-10-16)24-23-15-17-3-1-2-4-20(17)30-14-13-29-19-7-5-18(6-8-19)25(27)28/h1-12,15H,13-14H2,(H,24,26). The second-order valence-electron chi connectivity index (χ2n) is 5.92. The number of rotatable bonds is 9. The lowest BCUT2D eigenvalue weighted by molar-refractivity contribution is -0.384. The molecule has 0 spiro atoms. The first-order chi connectivity index (χ1) is 14.6. The van der Waals surface area contributed by atoms with Gasteiger partial charge in [-0.1, -0.05) is 12.1 Å². The third kappa shape index (κ3) is 5.86. The summed E-state index contributed by atoms with van der Waals surface area (Å²) < 4.78 is 11.2. The fourth-order valence-corrected chi connectivity index (χ4v) is 2.42. The van der Waals surface area contributed by atoms with Crippen LogP contribution in [0.1, 0.15) is 15.9 Å². The number of nitro groups is 1. The summed E-state index contributed by atoms with van der Waals surface area (Å²) >= 11 is 0. The molecule has 1 heterocycles. The lowest BCUT2D eigenvalue weighted by Gasteiger charge is -2.10. The van der Waals surface area contributed by atoms with Crippen LogP contribution in [0.15, 0.2) is 78.2 Å². The summed E-state index contributed by atoms with van der Waals surface area (Å²) in [6, 6.07) is 16.2. The molecule has 3 aromatic rings. The van der Waals surface area contributed by atoms with Crippen molar-refractivity contribution in [2.75, 3.05) is 13.2 Å². The van der Waals surface area contributed by atoms with Crippen molar-refractivity contribution in [2.24, 2.45) is 5.10 Å². The number of non-ortho nitro benzene ring substituents is 1. The van der Waals surface area contributed by atoms with Crippen LogP contribution in [-0.2, 0) is 0 Å². The Kier molecular flexibility index (Phi) is 7.04. The number of para-hydroxylation sites is 1. The number of nitrogens with zero attached hydrogens (tertiary/aromatic N) is 3. The van der Waals surface area contributed by atoms with Gasteiger partial charge in [-0.15, -0.1) is 0 Å². The first-order valence-corrected chi connectivity index (χ1v) is 8.96. The molecule has 3 rings (SSSR count). The van der Waals surface area contributed by atoms with Gasteiger partial charge in [-0.2, -0.15) is 5.10 Å². The van der Waals surface area contributed by atoms with E-state index in [-0.39, 0.29) is 24.8 Å². The van der Waals surface area contributed by atoms with Crippen molar-refractivity contribution in [2.45, 2.75) is 0 Å². The second kappa shape index (κ2) is 10.3. The molecule has 2 aromatic carbocycles. The van der Waals surface area contributed by atoms with Gasteiger partial charge in [0.2, 0.25) is 0 Å². The molecule has 0 aliphatic heterocycles. The van der Waals surface area contributed by atoms with Gasteiger partial charge in [0.15, 0.2) is 0 Å². The van der Waals surface area contributed by atoms with Gasteiger partial charge in [0.25, 0.3) is 11.6 Å². The van der Waals surface area contributed by atoms with Crippen molar-refractivity contribution >= 4 is 17.8 Å². The Morgan fingerprint density at radius 3 is 2.47 bits per heavy atom. The quantitative estimate of drug-likeness (QED) is 0.252. The molecule has 30 heavy (non-hydrogen) atoms. The van der Waals surface area contributed by atoms with E-state index < -0.39 is 4.92 Å². The Morgan fingerprint density at radius 1 is 1.03 bits per heavy atom. The zero-order chi connectivity index (χ0) is 21.2. The molecule has 152 valence electrons. The topological polar surface area (TPSA) is 116 Å². The number of carbonyl (C=O) groups excluding carboxylic acids is 1. The van der Waals surface area contributed by atoms with E-state index in [4.69, 9.17) is 9.47 Å². The summed E-state index contributed by atoms with van der Waals surface area (Å²) in [5.74, 6) is 0.744. The lowest BCUT2D eigenvalue weighted by atomic mass is 10.2. The molecule has 0 saturated carbocycles. The van der Waals surface area contributed by atoms with E-state index in [9.17, 15) is 14.9 Å². The van der Waals surface area contributed by atoms with Crippen LogP contribution in [-0.4, -0.2) is 35.2 Å². The van der Waals surface area contributed by atoms with Gasteiger partial charge in [-0.05, 0) is 36.4 Å². The van der Waals surface area contributed by atoms with Crippen LogP contribution < -0.4 is 14.9 Å². The Morgan fingerprint density at radius 2 is 1.73 bits per heavy atom. The number of hydrazone groups is 1. The minimum Gasteiger partial charge on any atom is -0.490 e. The number of benzene rings is 2. The van der Waals surface area contributed by atoms with Gasteiger partial charge in [0, 0.05) is 35.7 Å². The minimum absolute atomic E-state index is 0.00263. The molecule has 0 unspecified atom stereocenters. The average molecular weight is 406 g/mol. The van der Waals surface area contributed by atoms with Crippen molar-refractivity contribution in [1.29, 1.82) is 0 Å². The zero-order valence-corrected chi connectivity index (χ0v) is 15.8. The fraction of sp³-hybridized carbons (Fsp3) is 0.0952. The first-order valence-electron chi connectivity index (χ1n) is 8.96. The van der Waals surface area contributed by atoms with Crippen LogP contribution in [0.4, 0.5) is 5.69 Å². The summed E-state index contributed by atoms with van der Waals surface area (Å²) in [4.78, 5) is 26.0. The molecule has 0 aliphatic rings. The molecular formula is C21H18N4O5. The molecule has 9 heteroatoms. The van der Waals surface area contributed by atoms with Crippen LogP contribution in [0.5, 0.6) is 11.5 Å². The van der Waals surface area contributed by atoms with E-state index in [1.54, 1.807) is 24.3 Å². The summed E-state index contributed by atoms with van der Waals surface area (Å²) in [6.07, 6.45) is 4.55. The van der Waals surface area contributed by atoms with Crippen LogP contribution in [0.2, 0.25) is 0 Å². The largest absolute Gasteiger partial charge is 0.490 e. The van der Waals surface area contributed by atoms with E-state index in [0.717, 1.165) is 0 Å². The van der Waals surface area contributed by atoms with Crippen molar-refractivity contribution in [3.8, 4) is 11.5 Å². The van der Waals surface area contributed by atoms with E-state index in [1.165, 1.54) is 42.9 Å². The van der Waals surface area contributed by atoms with E-state index in [2.05, 4.69) is 15.5 Å². The predicted molar refractivity (Wildman–Crippen MR) is 110 cm³/mol. The third-order valence-electron chi connectivity index (χ3n) is 3.89. The number of ether oxygens (including phenoxy) is 2. The van der Waals surface area contributed by atoms with Gasteiger partial charge in [0.1, 0.15) is 24.7 Å². The molecule has 0 fully saturated rings. The summed E-state index contributed by atoms with van der Waals surface area (Å²) in [6.45, 7) is 0.507.